The smallest absolute Gasteiger partial charge is 0.252 e. The van der Waals surface area contributed by atoms with Crippen LogP contribution in [0.25, 0.3) is 0 Å². The zero-order chi connectivity index (χ0) is 22.9. The highest BCUT2D eigenvalue weighted by atomic mass is 19.1. The highest BCUT2D eigenvalue weighted by Crippen LogP contribution is 2.35. The molecule has 0 aromatic heterocycles. The van der Waals surface area contributed by atoms with Gasteiger partial charge in [-0.3, -0.25) is 4.79 Å². The van der Waals surface area contributed by atoms with E-state index >= 15 is 0 Å². The SMILES string of the molecule is Cc1ccc2c(c1)[C@@H](NC[C@@H](O)[C@H](Cc1cc(F)cc(F)c1)NC(=O)C1(O)CC1)CCO2. The predicted molar refractivity (Wildman–Crippen MR) is 114 cm³/mol. The molecule has 4 N–H and O–H groups in total. The molecule has 0 radical (unpaired) electrons. The number of aryl methyl sites for hydroxylation is 1. The van der Waals surface area contributed by atoms with Crippen molar-refractivity contribution in [2.45, 2.75) is 56.4 Å². The molecule has 1 amide bonds. The van der Waals surface area contributed by atoms with E-state index in [-0.39, 0.29) is 19.0 Å². The number of aliphatic hydroxyl groups excluding tert-OH is 1. The highest BCUT2D eigenvalue weighted by Gasteiger charge is 2.48. The van der Waals surface area contributed by atoms with Gasteiger partial charge in [-0.25, -0.2) is 8.78 Å². The topological polar surface area (TPSA) is 90.8 Å². The summed E-state index contributed by atoms with van der Waals surface area (Å²) < 4.78 is 33.0. The Hall–Kier alpha value is -2.55. The number of benzene rings is 2. The number of carbonyl (C=O) groups excluding carboxylic acids is 1. The summed E-state index contributed by atoms with van der Waals surface area (Å²) in [5.74, 6) is -1.24. The number of carbonyl (C=O) groups is 1. The van der Waals surface area contributed by atoms with E-state index in [2.05, 4.69) is 10.6 Å². The number of hydrogen-bond acceptors (Lipinski definition) is 5. The Bertz CT molecular complexity index is 976. The standard InChI is InChI=1S/C24H28F2N2O4/c1-14-2-3-22-18(8-14)19(4-7-32-22)27-13-21(29)20(28-23(30)24(31)5-6-24)11-15-9-16(25)12-17(26)10-15/h2-3,8-10,12,19-21,27,29,31H,4-7,11,13H2,1H3,(H,28,30)/t19-,20-,21+/m0/s1. The van der Waals surface area contributed by atoms with Gasteiger partial charge in [0.25, 0.3) is 5.91 Å². The van der Waals surface area contributed by atoms with Crippen LogP contribution in [0.2, 0.25) is 0 Å². The number of aliphatic hydroxyl groups is 2. The summed E-state index contributed by atoms with van der Waals surface area (Å²) in [6.07, 6.45) is 0.390. The van der Waals surface area contributed by atoms with Crippen molar-refractivity contribution in [3.05, 3.63) is 64.7 Å². The number of amides is 1. The third kappa shape index (κ3) is 5.26. The molecule has 8 heteroatoms. The molecule has 172 valence electrons. The van der Waals surface area contributed by atoms with Gasteiger partial charge in [-0.15, -0.1) is 0 Å². The summed E-state index contributed by atoms with van der Waals surface area (Å²) in [6.45, 7) is 2.67. The van der Waals surface area contributed by atoms with Crippen LogP contribution in [0.4, 0.5) is 8.78 Å². The van der Waals surface area contributed by atoms with E-state index in [1.807, 2.05) is 25.1 Å². The maximum atomic E-state index is 13.7. The van der Waals surface area contributed by atoms with Crippen molar-refractivity contribution in [2.75, 3.05) is 13.2 Å². The Morgan fingerprint density at radius 1 is 1.22 bits per heavy atom. The number of fused-ring (bicyclic) bond motifs is 1. The first-order valence-electron chi connectivity index (χ1n) is 10.9. The molecule has 0 bridgehead atoms. The third-order valence-electron chi connectivity index (χ3n) is 6.08. The minimum absolute atomic E-state index is 0.0167. The van der Waals surface area contributed by atoms with E-state index < -0.39 is 35.3 Å². The summed E-state index contributed by atoms with van der Waals surface area (Å²) in [5, 5.41) is 27.0. The van der Waals surface area contributed by atoms with Gasteiger partial charge in [0.1, 0.15) is 23.0 Å². The average Bonchev–Trinajstić information content (AvgIpc) is 3.49. The van der Waals surface area contributed by atoms with Crippen LogP contribution in [0.5, 0.6) is 5.75 Å². The highest BCUT2D eigenvalue weighted by molar-refractivity contribution is 5.88. The van der Waals surface area contributed by atoms with Crippen LogP contribution >= 0.6 is 0 Å². The maximum absolute atomic E-state index is 13.7. The van der Waals surface area contributed by atoms with E-state index in [4.69, 9.17) is 4.74 Å². The van der Waals surface area contributed by atoms with Crippen molar-refractivity contribution in [1.82, 2.24) is 10.6 Å². The van der Waals surface area contributed by atoms with Gasteiger partial charge in [0.05, 0.1) is 18.8 Å². The molecule has 1 fully saturated rings. The first-order valence-corrected chi connectivity index (χ1v) is 10.9. The van der Waals surface area contributed by atoms with Crippen molar-refractivity contribution < 1.29 is 28.5 Å². The number of nitrogens with one attached hydrogen (secondary N) is 2. The molecule has 1 heterocycles. The van der Waals surface area contributed by atoms with Gasteiger partial charge in [0, 0.05) is 30.6 Å². The number of halogens is 2. The lowest BCUT2D eigenvalue weighted by molar-refractivity contribution is -0.133. The Balaban J connectivity index is 1.47. The summed E-state index contributed by atoms with van der Waals surface area (Å²) in [7, 11) is 0. The number of hydrogen-bond donors (Lipinski definition) is 4. The average molecular weight is 446 g/mol. The van der Waals surface area contributed by atoms with Gasteiger partial charge in [0.15, 0.2) is 0 Å². The van der Waals surface area contributed by atoms with Crippen LogP contribution < -0.4 is 15.4 Å². The predicted octanol–water partition coefficient (Wildman–Crippen LogP) is 2.30. The fraction of sp³-hybridized carbons (Fsp3) is 0.458. The van der Waals surface area contributed by atoms with Crippen LogP contribution in [0.15, 0.2) is 36.4 Å². The van der Waals surface area contributed by atoms with Crippen molar-refractivity contribution in [3.63, 3.8) is 0 Å². The Kier molecular flexibility index (Phi) is 6.46. The molecular formula is C24H28F2N2O4. The molecule has 0 unspecified atom stereocenters. The fourth-order valence-electron chi connectivity index (χ4n) is 4.05. The molecule has 4 rings (SSSR count). The van der Waals surface area contributed by atoms with E-state index in [0.717, 1.165) is 29.4 Å². The van der Waals surface area contributed by atoms with Crippen LogP contribution in [-0.2, 0) is 11.2 Å². The Morgan fingerprint density at radius 3 is 2.62 bits per heavy atom. The molecule has 1 aliphatic heterocycles. The van der Waals surface area contributed by atoms with E-state index in [1.165, 1.54) is 12.1 Å². The monoisotopic (exact) mass is 446 g/mol. The molecule has 32 heavy (non-hydrogen) atoms. The zero-order valence-corrected chi connectivity index (χ0v) is 17.9. The lowest BCUT2D eigenvalue weighted by atomic mass is 9.97. The lowest BCUT2D eigenvalue weighted by Crippen LogP contribution is -2.52. The molecule has 3 atom stereocenters. The van der Waals surface area contributed by atoms with E-state index in [1.54, 1.807) is 0 Å². The van der Waals surface area contributed by atoms with Gasteiger partial charge in [0.2, 0.25) is 0 Å². The fourth-order valence-corrected chi connectivity index (χ4v) is 4.05. The second-order valence-electron chi connectivity index (χ2n) is 8.80. The summed E-state index contributed by atoms with van der Waals surface area (Å²) in [5.41, 5.74) is 0.984. The summed E-state index contributed by atoms with van der Waals surface area (Å²) >= 11 is 0. The lowest BCUT2D eigenvalue weighted by Gasteiger charge is -2.30. The second kappa shape index (κ2) is 9.13. The minimum atomic E-state index is -1.42. The van der Waals surface area contributed by atoms with Gasteiger partial charge >= 0.3 is 0 Å². The normalized spacial score (nSPS) is 20.6. The number of rotatable bonds is 8. The van der Waals surface area contributed by atoms with E-state index in [9.17, 15) is 23.8 Å². The van der Waals surface area contributed by atoms with Gasteiger partial charge < -0.3 is 25.6 Å². The first kappa shape index (κ1) is 22.6. The number of ether oxygens (including phenoxy) is 1. The van der Waals surface area contributed by atoms with Crippen molar-refractivity contribution >= 4 is 5.91 Å². The minimum Gasteiger partial charge on any atom is -0.493 e. The Labute approximate surface area is 185 Å². The van der Waals surface area contributed by atoms with Crippen LogP contribution in [0, 0.1) is 18.6 Å². The molecule has 2 aliphatic rings. The second-order valence-corrected chi connectivity index (χ2v) is 8.80. The van der Waals surface area contributed by atoms with Crippen LogP contribution in [0.1, 0.15) is 42.0 Å². The Morgan fingerprint density at radius 2 is 1.94 bits per heavy atom. The van der Waals surface area contributed by atoms with Crippen molar-refractivity contribution in [1.29, 1.82) is 0 Å². The summed E-state index contributed by atoms with van der Waals surface area (Å²) in [4.78, 5) is 12.4. The quantitative estimate of drug-likeness (QED) is 0.500. The molecule has 1 saturated carbocycles. The molecule has 0 spiro atoms. The largest absolute Gasteiger partial charge is 0.493 e. The molecule has 0 saturated heterocycles. The zero-order valence-electron chi connectivity index (χ0n) is 17.9. The van der Waals surface area contributed by atoms with Crippen molar-refractivity contribution in [3.8, 4) is 5.75 Å². The molecule has 1 aliphatic carbocycles. The molecule has 2 aromatic rings. The van der Waals surface area contributed by atoms with Gasteiger partial charge in [-0.05, 0) is 49.9 Å². The van der Waals surface area contributed by atoms with Crippen LogP contribution in [0.3, 0.4) is 0 Å². The maximum Gasteiger partial charge on any atom is 0.252 e. The first-order chi connectivity index (χ1) is 15.2. The van der Waals surface area contributed by atoms with Gasteiger partial charge in [-0.2, -0.15) is 0 Å². The van der Waals surface area contributed by atoms with Crippen LogP contribution in [-0.4, -0.2) is 47.0 Å². The molecule has 2 aromatic carbocycles. The van der Waals surface area contributed by atoms with Crippen molar-refractivity contribution in [2.24, 2.45) is 0 Å². The third-order valence-corrected chi connectivity index (χ3v) is 6.08. The van der Waals surface area contributed by atoms with Gasteiger partial charge in [-0.1, -0.05) is 17.7 Å². The molecular weight excluding hydrogens is 418 g/mol. The summed E-state index contributed by atoms with van der Waals surface area (Å²) in [6, 6.07) is 8.18. The van der Waals surface area contributed by atoms with E-state index in [0.29, 0.717) is 25.0 Å². The molecule has 6 nitrogen and oxygen atoms in total.